The van der Waals surface area contributed by atoms with E-state index in [4.69, 9.17) is 15.2 Å². The fraction of sp³-hybridized carbons (Fsp3) is 0.500. The molecule has 11 nitrogen and oxygen atoms in total. The minimum absolute atomic E-state index is 0.0242. The summed E-state index contributed by atoms with van der Waals surface area (Å²) >= 11 is 0. The van der Waals surface area contributed by atoms with Crippen LogP contribution in [0.2, 0.25) is 0 Å². The number of esters is 1. The van der Waals surface area contributed by atoms with Crippen LogP contribution in [0.25, 0.3) is 0 Å². The summed E-state index contributed by atoms with van der Waals surface area (Å²) in [4.78, 5) is 53.9. The van der Waals surface area contributed by atoms with Gasteiger partial charge in [0, 0.05) is 6.54 Å². The zero-order valence-electron chi connectivity index (χ0n) is 25.2. The molecule has 4 unspecified atom stereocenters. The number of nitrogens with one attached hydrogen (secondary N) is 2. The lowest BCUT2D eigenvalue weighted by molar-refractivity contribution is -0.165. The molecule has 5 N–H and O–H groups in total. The summed E-state index contributed by atoms with van der Waals surface area (Å²) in [5.74, 6) is -1.81. The van der Waals surface area contributed by atoms with Gasteiger partial charge >= 0.3 is 12.1 Å². The van der Waals surface area contributed by atoms with Crippen LogP contribution in [0.1, 0.15) is 57.6 Å². The van der Waals surface area contributed by atoms with Crippen LogP contribution in [-0.2, 0) is 36.9 Å². The number of nitrogens with zero attached hydrogens (tertiary/aromatic N) is 1. The molecule has 43 heavy (non-hydrogen) atoms. The third-order valence-corrected chi connectivity index (χ3v) is 6.99. The molecule has 2 aromatic rings. The molecule has 0 saturated carbocycles. The Hall–Kier alpha value is -3.96. The smallest absolute Gasteiger partial charge is 0.408 e. The van der Waals surface area contributed by atoms with Gasteiger partial charge in [-0.25, -0.2) is 9.59 Å². The maximum Gasteiger partial charge on any atom is 0.408 e. The standard InChI is InChI=1S/C32H44N4O7/c1-32(2,3)43-30(40)26-17-11-19-36(26)29(39)27(37)25(20-22-12-6-4-7-13-22)34-28(38)24(16-10-18-33)35-31(41)42-21-23-14-8-5-9-15-23/h4-9,12-15,24-27,37H,10-11,16-21,33H2,1-3H3,(H,34,38)(H,35,41). The Labute approximate surface area is 253 Å². The van der Waals surface area contributed by atoms with E-state index in [1.807, 2.05) is 60.7 Å². The van der Waals surface area contributed by atoms with Crippen molar-refractivity contribution in [1.29, 1.82) is 0 Å². The average molecular weight is 597 g/mol. The molecule has 1 heterocycles. The second-order valence-electron chi connectivity index (χ2n) is 11.7. The van der Waals surface area contributed by atoms with Gasteiger partial charge < -0.3 is 35.8 Å². The van der Waals surface area contributed by atoms with E-state index in [1.54, 1.807) is 20.8 Å². The van der Waals surface area contributed by atoms with E-state index in [0.717, 1.165) is 11.1 Å². The van der Waals surface area contributed by atoms with Gasteiger partial charge in [-0.2, -0.15) is 0 Å². The number of likely N-dealkylation sites (tertiary alicyclic amines) is 1. The highest BCUT2D eigenvalue weighted by atomic mass is 16.6. The molecule has 0 spiro atoms. The second-order valence-corrected chi connectivity index (χ2v) is 11.7. The molecule has 1 aliphatic heterocycles. The van der Waals surface area contributed by atoms with Gasteiger partial charge in [0.05, 0.1) is 6.04 Å². The Morgan fingerprint density at radius 3 is 2.23 bits per heavy atom. The number of carbonyl (C=O) groups is 4. The summed E-state index contributed by atoms with van der Waals surface area (Å²) in [6.07, 6.45) is -0.660. The number of carbonyl (C=O) groups excluding carboxylic acids is 4. The van der Waals surface area contributed by atoms with Gasteiger partial charge in [0.15, 0.2) is 6.10 Å². The van der Waals surface area contributed by atoms with Crippen molar-refractivity contribution < 1.29 is 33.8 Å². The van der Waals surface area contributed by atoms with Crippen LogP contribution in [0.4, 0.5) is 4.79 Å². The van der Waals surface area contributed by atoms with E-state index < -0.39 is 53.7 Å². The monoisotopic (exact) mass is 596 g/mol. The van der Waals surface area contributed by atoms with E-state index in [9.17, 15) is 24.3 Å². The van der Waals surface area contributed by atoms with E-state index in [0.29, 0.717) is 25.8 Å². The number of alkyl carbamates (subject to hydrolysis) is 1. The van der Waals surface area contributed by atoms with Crippen molar-refractivity contribution in [3.63, 3.8) is 0 Å². The predicted molar refractivity (Wildman–Crippen MR) is 161 cm³/mol. The normalized spacial score (nSPS) is 17.0. The van der Waals surface area contributed by atoms with E-state index >= 15 is 0 Å². The van der Waals surface area contributed by atoms with Crippen LogP contribution in [0.5, 0.6) is 0 Å². The topological polar surface area (TPSA) is 160 Å². The first-order valence-electron chi connectivity index (χ1n) is 14.7. The molecule has 0 radical (unpaired) electrons. The summed E-state index contributed by atoms with van der Waals surface area (Å²) in [6.45, 7) is 5.84. The highest BCUT2D eigenvalue weighted by Crippen LogP contribution is 2.23. The van der Waals surface area contributed by atoms with Crippen molar-refractivity contribution in [3.8, 4) is 0 Å². The predicted octanol–water partition coefficient (Wildman–Crippen LogP) is 2.44. The summed E-state index contributed by atoms with van der Waals surface area (Å²) in [5.41, 5.74) is 6.51. The van der Waals surface area contributed by atoms with E-state index in [1.165, 1.54) is 4.90 Å². The molecule has 2 aromatic carbocycles. The Bertz CT molecular complexity index is 1200. The molecular weight excluding hydrogens is 552 g/mol. The Morgan fingerprint density at radius 1 is 1.00 bits per heavy atom. The van der Waals surface area contributed by atoms with Crippen LogP contribution in [-0.4, -0.2) is 76.8 Å². The van der Waals surface area contributed by atoms with Crippen molar-refractivity contribution in [2.24, 2.45) is 5.73 Å². The Balaban J connectivity index is 1.75. The number of aliphatic hydroxyl groups excluding tert-OH is 1. The zero-order valence-corrected chi connectivity index (χ0v) is 25.2. The van der Waals surface area contributed by atoms with Crippen molar-refractivity contribution in [1.82, 2.24) is 15.5 Å². The quantitative estimate of drug-likeness (QED) is 0.257. The molecule has 3 rings (SSSR count). The first-order valence-corrected chi connectivity index (χ1v) is 14.7. The number of rotatable bonds is 13. The highest BCUT2D eigenvalue weighted by molar-refractivity contribution is 5.90. The average Bonchev–Trinajstić information content (AvgIpc) is 3.48. The SMILES string of the molecule is CC(C)(C)OC(=O)C1CCCN1C(=O)C(O)C(Cc1ccccc1)NC(=O)C(CCCN)NC(=O)OCc1ccccc1. The number of benzene rings is 2. The first-order chi connectivity index (χ1) is 20.5. The molecule has 0 aromatic heterocycles. The summed E-state index contributed by atoms with van der Waals surface area (Å²) in [7, 11) is 0. The number of amides is 3. The van der Waals surface area contributed by atoms with Gasteiger partial charge in [-0.3, -0.25) is 9.59 Å². The number of hydrogen-bond donors (Lipinski definition) is 4. The maximum atomic E-state index is 13.6. The number of nitrogens with two attached hydrogens (primary N) is 1. The van der Waals surface area contributed by atoms with Crippen LogP contribution in [0, 0.1) is 0 Å². The van der Waals surface area contributed by atoms with Crippen LogP contribution in [0.3, 0.4) is 0 Å². The lowest BCUT2D eigenvalue weighted by atomic mass is 9.99. The first kappa shape index (κ1) is 33.5. The lowest BCUT2D eigenvalue weighted by Crippen LogP contribution is -2.58. The number of hydrogen-bond acceptors (Lipinski definition) is 8. The summed E-state index contributed by atoms with van der Waals surface area (Å²) in [5, 5.41) is 16.7. The molecule has 11 heteroatoms. The highest BCUT2D eigenvalue weighted by Gasteiger charge is 2.41. The van der Waals surface area contributed by atoms with Crippen LogP contribution < -0.4 is 16.4 Å². The largest absolute Gasteiger partial charge is 0.458 e. The molecule has 0 bridgehead atoms. The number of ether oxygens (including phenoxy) is 2. The zero-order chi connectivity index (χ0) is 31.4. The van der Waals surface area contributed by atoms with Crippen molar-refractivity contribution >= 4 is 23.9 Å². The molecule has 0 aliphatic carbocycles. The fourth-order valence-electron chi connectivity index (χ4n) is 4.88. The van der Waals surface area contributed by atoms with Gasteiger partial charge in [0.2, 0.25) is 5.91 Å². The van der Waals surface area contributed by atoms with Crippen molar-refractivity contribution in [2.45, 2.75) is 89.3 Å². The van der Waals surface area contributed by atoms with Crippen molar-refractivity contribution in [3.05, 3.63) is 71.8 Å². The molecule has 4 atom stereocenters. The molecular formula is C32H44N4O7. The lowest BCUT2D eigenvalue weighted by Gasteiger charge is -2.32. The minimum Gasteiger partial charge on any atom is -0.458 e. The molecule has 1 saturated heterocycles. The molecule has 1 fully saturated rings. The second kappa shape index (κ2) is 16.0. The van der Waals surface area contributed by atoms with Crippen LogP contribution in [0.15, 0.2) is 60.7 Å². The van der Waals surface area contributed by atoms with Gasteiger partial charge in [-0.1, -0.05) is 60.7 Å². The van der Waals surface area contributed by atoms with Gasteiger partial charge in [-0.05, 0) is 70.5 Å². The third kappa shape index (κ3) is 10.7. The Morgan fingerprint density at radius 2 is 1.63 bits per heavy atom. The third-order valence-electron chi connectivity index (χ3n) is 6.99. The minimum atomic E-state index is -1.66. The summed E-state index contributed by atoms with van der Waals surface area (Å²) < 4.78 is 10.8. The fourth-order valence-corrected chi connectivity index (χ4v) is 4.88. The Kier molecular flexibility index (Phi) is 12.5. The van der Waals surface area contributed by atoms with Gasteiger partial charge in [0.1, 0.15) is 24.3 Å². The van der Waals surface area contributed by atoms with Gasteiger partial charge in [0.25, 0.3) is 5.91 Å². The molecule has 3 amide bonds. The van der Waals surface area contributed by atoms with Crippen molar-refractivity contribution in [2.75, 3.05) is 13.1 Å². The molecule has 1 aliphatic rings. The van der Waals surface area contributed by atoms with Crippen LogP contribution >= 0.6 is 0 Å². The maximum absolute atomic E-state index is 13.6. The van der Waals surface area contributed by atoms with E-state index in [2.05, 4.69) is 10.6 Å². The van der Waals surface area contributed by atoms with E-state index in [-0.39, 0.29) is 26.0 Å². The number of aliphatic hydroxyl groups is 1. The van der Waals surface area contributed by atoms with Gasteiger partial charge in [-0.15, -0.1) is 0 Å². The summed E-state index contributed by atoms with van der Waals surface area (Å²) in [6, 6.07) is 15.3. The molecule has 234 valence electrons.